The van der Waals surface area contributed by atoms with E-state index in [2.05, 4.69) is 89.7 Å². The van der Waals surface area contributed by atoms with E-state index >= 15 is 0 Å². The van der Waals surface area contributed by atoms with Crippen molar-refractivity contribution in [2.75, 3.05) is 26.4 Å². The van der Waals surface area contributed by atoms with Gasteiger partial charge in [0.25, 0.3) is 0 Å². The first-order valence-electron chi connectivity index (χ1n) is 21.8. The van der Waals surface area contributed by atoms with Crippen LogP contribution in [0.15, 0.2) is 72.9 Å². The molecule has 4 N–H and O–H groups in total. The molecular formula is C44H74O14P2. The molecule has 1 aliphatic heterocycles. The third-order valence-electron chi connectivity index (χ3n) is 8.96. The van der Waals surface area contributed by atoms with E-state index in [-0.39, 0.29) is 25.0 Å². The number of unbranched alkanes of at least 4 members (excludes halogenated alkanes) is 9. The number of carbonyl (C=O) groups excluding carboxylic acids is 2. The minimum absolute atomic E-state index is 0.0638. The summed E-state index contributed by atoms with van der Waals surface area (Å²) in [4.78, 5) is 52.7. The average molecular weight is 889 g/mol. The Kier molecular flexibility index (Phi) is 33.4. The number of hydrogen-bond donors (Lipinski definition) is 4. The fourth-order valence-corrected chi connectivity index (χ4v) is 6.66. The van der Waals surface area contributed by atoms with Crippen LogP contribution in [0.3, 0.4) is 0 Å². The minimum atomic E-state index is -4.88. The molecule has 1 heterocycles. The number of hydrogen-bond acceptors (Lipinski definition) is 11. The van der Waals surface area contributed by atoms with Crippen molar-refractivity contribution in [1.82, 2.24) is 0 Å². The van der Waals surface area contributed by atoms with Crippen LogP contribution in [0.5, 0.6) is 0 Å². The second-order valence-electron chi connectivity index (χ2n) is 14.6. The molecule has 344 valence electrons. The Bertz CT molecular complexity index is 1400. The number of phosphoric ester groups is 2. The number of aliphatic hydroxyl groups excluding tert-OH is 1. The lowest BCUT2D eigenvalue weighted by atomic mass is 10.1. The topological polar surface area (TPSA) is 208 Å². The van der Waals surface area contributed by atoms with Gasteiger partial charge in [-0.15, -0.1) is 0 Å². The van der Waals surface area contributed by atoms with Crippen LogP contribution in [0.4, 0.5) is 0 Å². The van der Waals surface area contributed by atoms with E-state index in [9.17, 15) is 28.7 Å². The van der Waals surface area contributed by atoms with E-state index in [0.29, 0.717) is 19.3 Å². The maximum Gasteiger partial charge on any atom is 0.472 e. The lowest BCUT2D eigenvalue weighted by Crippen LogP contribution is -2.29. The summed E-state index contributed by atoms with van der Waals surface area (Å²) in [5.41, 5.74) is 0. The molecule has 1 rings (SSSR count). The van der Waals surface area contributed by atoms with Gasteiger partial charge in [0.05, 0.1) is 32.0 Å². The summed E-state index contributed by atoms with van der Waals surface area (Å²) in [6, 6.07) is 0. The van der Waals surface area contributed by atoms with Crippen molar-refractivity contribution < 1.29 is 66.3 Å². The molecule has 0 aliphatic carbocycles. The SMILES string of the molecule is CCCCC/C=C\C/C=C\C/C=C\CCCCC(=O)O[C@H](COC(=O)CCC/C=C\CC1OC1C/C=C\C/C=C\CCCCC)COP(=O)(O)OC[C@@H](O)COP(=O)(O)O. The van der Waals surface area contributed by atoms with Crippen LogP contribution >= 0.6 is 15.6 Å². The maximum absolute atomic E-state index is 12.6. The predicted molar refractivity (Wildman–Crippen MR) is 234 cm³/mol. The van der Waals surface area contributed by atoms with Crippen molar-refractivity contribution in [3.8, 4) is 0 Å². The van der Waals surface area contributed by atoms with Crippen molar-refractivity contribution in [1.29, 1.82) is 0 Å². The molecule has 0 bridgehead atoms. The summed E-state index contributed by atoms with van der Waals surface area (Å²) < 4.78 is 53.4. The lowest BCUT2D eigenvalue weighted by Gasteiger charge is -2.20. The number of allylic oxidation sites excluding steroid dienone is 10. The quantitative estimate of drug-likeness (QED) is 0.0149. The molecule has 16 heteroatoms. The first-order valence-corrected chi connectivity index (χ1v) is 24.8. The van der Waals surface area contributed by atoms with Crippen LogP contribution in [0.25, 0.3) is 0 Å². The maximum atomic E-state index is 12.6. The van der Waals surface area contributed by atoms with Gasteiger partial charge in [0.15, 0.2) is 6.10 Å². The van der Waals surface area contributed by atoms with Crippen molar-refractivity contribution in [3.63, 3.8) is 0 Å². The van der Waals surface area contributed by atoms with Gasteiger partial charge in [-0.2, -0.15) is 0 Å². The minimum Gasteiger partial charge on any atom is -0.462 e. The van der Waals surface area contributed by atoms with Crippen LogP contribution in [0.2, 0.25) is 0 Å². The third-order valence-corrected chi connectivity index (χ3v) is 10.4. The summed E-state index contributed by atoms with van der Waals surface area (Å²) in [5.74, 6) is -1.16. The number of ether oxygens (including phenoxy) is 3. The molecule has 3 unspecified atom stereocenters. The average Bonchev–Trinajstić information content (AvgIpc) is 3.96. The highest BCUT2D eigenvalue weighted by Crippen LogP contribution is 2.44. The van der Waals surface area contributed by atoms with E-state index in [4.69, 9.17) is 28.5 Å². The molecule has 0 amide bonds. The number of epoxide rings is 1. The second kappa shape index (κ2) is 36.0. The number of esters is 2. The smallest absolute Gasteiger partial charge is 0.462 e. The molecule has 14 nitrogen and oxygen atoms in total. The van der Waals surface area contributed by atoms with Gasteiger partial charge >= 0.3 is 27.6 Å². The van der Waals surface area contributed by atoms with E-state index in [1.54, 1.807) is 0 Å². The Morgan fingerprint density at radius 2 is 1.02 bits per heavy atom. The zero-order chi connectivity index (χ0) is 44.2. The normalized spacial score (nSPS) is 18.1. The first-order chi connectivity index (χ1) is 28.8. The van der Waals surface area contributed by atoms with Gasteiger partial charge < -0.3 is 34.0 Å². The van der Waals surface area contributed by atoms with Crippen molar-refractivity contribution >= 4 is 27.6 Å². The Hall–Kier alpha value is -2.48. The fourth-order valence-electron chi connectivity index (χ4n) is 5.50. The molecule has 0 radical (unpaired) electrons. The van der Waals surface area contributed by atoms with Crippen LogP contribution in [-0.2, 0) is 46.5 Å². The number of aliphatic hydroxyl groups is 1. The summed E-state index contributed by atoms with van der Waals surface area (Å²) in [6.07, 6.45) is 40.7. The van der Waals surface area contributed by atoms with Gasteiger partial charge in [0.1, 0.15) is 12.7 Å². The highest BCUT2D eigenvalue weighted by atomic mass is 31.2. The molecule has 0 saturated carbocycles. The van der Waals surface area contributed by atoms with Crippen LogP contribution in [0, 0.1) is 0 Å². The van der Waals surface area contributed by atoms with Gasteiger partial charge in [-0.25, -0.2) is 9.13 Å². The summed E-state index contributed by atoms with van der Waals surface area (Å²) in [7, 11) is -9.71. The van der Waals surface area contributed by atoms with E-state index in [1.807, 2.05) is 6.08 Å². The Morgan fingerprint density at radius 3 is 1.58 bits per heavy atom. The Morgan fingerprint density at radius 1 is 0.567 bits per heavy atom. The molecule has 0 aromatic rings. The highest BCUT2D eigenvalue weighted by Gasteiger charge is 2.36. The van der Waals surface area contributed by atoms with Crippen molar-refractivity contribution in [2.45, 2.75) is 167 Å². The molecule has 5 atom stereocenters. The van der Waals surface area contributed by atoms with Crippen LogP contribution in [-0.4, -0.2) is 82.6 Å². The molecule has 0 aromatic heterocycles. The molecular weight excluding hydrogens is 814 g/mol. The Labute approximate surface area is 359 Å². The van der Waals surface area contributed by atoms with Crippen molar-refractivity contribution in [3.05, 3.63) is 72.9 Å². The van der Waals surface area contributed by atoms with E-state index in [0.717, 1.165) is 57.8 Å². The summed E-state index contributed by atoms with van der Waals surface area (Å²) >= 11 is 0. The van der Waals surface area contributed by atoms with Gasteiger partial charge in [-0.05, 0) is 89.9 Å². The number of rotatable bonds is 39. The highest BCUT2D eigenvalue weighted by molar-refractivity contribution is 7.47. The fraction of sp³-hybridized carbons (Fsp3) is 0.682. The van der Waals surface area contributed by atoms with Crippen LogP contribution < -0.4 is 0 Å². The molecule has 0 aromatic carbocycles. The summed E-state index contributed by atoms with van der Waals surface area (Å²) in [6.45, 7) is 1.57. The number of phosphoric acid groups is 2. The first kappa shape index (κ1) is 55.5. The predicted octanol–water partition coefficient (Wildman–Crippen LogP) is 9.99. The van der Waals surface area contributed by atoms with Gasteiger partial charge in [-0.3, -0.25) is 23.2 Å². The Balaban J connectivity index is 2.44. The van der Waals surface area contributed by atoms with Gasteiger partial charge in [-0.1, -0.05) is 112 Å². The molecule has 60 heavy (non-hydrogen) atoms. The standard InChI is InChI=1S/C44H74O14P2/c1-3-5-7-9-11-13-14-15-16-17-18-20-22-24-30-34-44(47)57-40(38-56-60(51,52)55-36-39(45)35-54-59(48,49)50)37-53-43(46)33-29-26-25-28-32-42-41(58-42)31-27-23-21-19-12-10-8-6-4-2/h11-13,15-16,18-20,23,25,27-28,39-42,45H,3-10,14,17,21-22,24,26,29-38H2,1-2H3,(H,51,52)(H2,48,49,50)/b13-11-,16-15-,19-12-,20-18-,27-23-,28-25-/t39-,40+,41?,42?/m0/s1. The molecule has 0 spiro atoms. The van der Waals surface area contributed by atoms with Gasteiger partial charge in [0, 0.05) is 12.8 Å². The summed E-state index contributed by atoms with van der Waals surface area (Å²) in [5, 5.41) is 9.75. The zero-order valence-corrected chi connectivity index (χ0v) is 37.8. The van der Waals surface area contributed by atoms with Crippen LogP contribution in [0.1, 0.15) is 142 Å². The second-order valence-corrected chi connectivity index (χ2v) is 17.3. The third kappa shape index (κ3) is 36.2. The monoisotopic (exact) mass is 888 g/mol. The molecule has 1 fully saturated rings. The van der Waals surface area contributed by atoms with E-state index in [1.165, 1.54) is 38.5 Å². The largest absolute Gasteiger partial charge is 0.472 e. The van der Waals surface area contributed by atoms with E-state index < -0.39 is 66.2 Å². The lowest BCUT2D eigenvalue weighted by molar-refractivity contribution is -0.161. The molecule has 1 saturated heterocycles. The zero-order valence-electron chi connectivity index (χ0n) is 36.0. The van der Waals surface area contributed by atoms with Gasteiger partial charge in [0.2, 0.25) is 0 Å². The molecule has 1 aliphatic rings. The van der Waals surface area contributed by atoms with Crippen molar-refractivity contribution in [2.24, 2.45) is 0 Å². The number of carbonyl (C=O) groups is 2.